The SMILES string of the molecule is c1ccc(-c2ccc(N(c3ccc4ccc5ccccc5c4c3)c3cccc4ccccc34)c3c2oc2ccccc23)cc1. The number of hydrogen-bond acceptors (Lipinski definition) is 2. The van der Waals surface area contributed by atoms with Crippen molar-refractivity contribution in [2.75, 3.05) is 4.90 Å². The molecule has 1 heterocycles. The topological polar surface area (TPSA) is 16.4 Å². The molecule has 0 aliphatic rings. The highest BCUT2D eigenvalue weighted by molar-refractivity contribution is 6.18. The average molecular weight is 562 g/mol. The van der Waals surface area contributed by atoms with Crippen LogP contribution in [0.25, 0.3) is 65.4 Å². The summed E-state index contributed by atoms with van der Waals surface area (Å²) in [4.78, 5) is 2.42. The Morgan fingerprint density at radius 2 is 1.05 bits per heavy atom. The van der Waals surface area contributed by atoms with Gasteiger partial charge in [-0.1, -0.05) is 127 Å². The third kappa shape index (κ3) is 3.82. The van der Waals surface area contributed by atoms with Crippen LogP contribution in [0.4, 0.5) is 17.1 Å². The second-order valence-corrected chi connectivity index (χ2v) is 11.3. The van der Waals surface area contributed by atoms with Crippen LogP contribution in [0.1, 0.15) is 0 Å². The molecule has 0 bridgehead atoms. The fraction of sp³-hybridized carbons (Fsp3) is 0. The molecule has 0 aliphatic carbocycles. The zero-order chi connectivity index (χ0) is 29.0. The molecule has 0 saturated heterocycles. The van der Waals surface area contributed by atoms with Crippen molar-refractivity contribution in [1.29, 1.82) is 0 Å². The molecule has 0 atom stereocenters. The summed E-state index contributed by atoms with van der Waals surface area (Å²) in [6.07, 6.45) is 0. The lowest BCUT2D eigenvalue weighted by molar-refractivity contribution is 0.670. The molecule has 9 aromatic rings. The first kappa shape index (κ1) is 24.7. The van der Waals surface area contributed by atoms with Crippen LogP contribution in [0.2, 0.25) is 0 Å². The number of anilines is 3. The molecule has 0 saturated carbocycles. The van der Waals surface area contributed by atoms with E-state index in [1.54, 1.807) is 0 Å². The highest BCUT2D eigenvalue weighted by atomic mass is 16.3. The van der Waals surface area contributed by atoms with Crippen LogP contribution in [0.5, 0.6) is 0 Å². The van der Waals surface area contributed by atoms with Gasteiger partial charge >= 0.3 is 0 Å². The quantitative estimate of drug-likeness (QED) is 0.199. The third-order valence-electron chi connectivity index (χ3n) is 8.83. The number of fused-ring (bicyclic) bond motifs is 7. The van der Waals surface area contributed by atoms with E-state index in [0.717, 1.165) is 50.1 Å². The minimum absolute atomic E-state index is 0.884. The minimum atomic E-state index is 0.884. The maximum Gasteiger partial charge on any atom is 0.145 e. The standard InChI is InChI=1S/C42H27NO/c1-2-11-29(12-3-1)35-25-26-39(41-36-18-8-9-20-40(36)44-42(35)41)43(38-19-10-15-28-13-5-7-17-34(28)38)32-24-23-31-22-21-30-14-4-6-16-33(30)37(31)27-32/h1-27H. The van der Waals surface area contributed by atoms with E-state index in [1.165, 1.54) is 32.3 Å². The first-order valence-corrected chi connectivity index (χ1v) is 15.0. The summed E-state index contributed by atoms with van der Waals surface area (Å²) in [5.41, 5.74) is 7.31. The second kappa shape index (κ2) is 9.86. The molecule has 1 aromatic heterocycles. The van der Waals surface area contributed by atoms with E-state index < -0.39 is 0 Å². The van der Waals surface area contributed by atoms with Gasteiger partial charge in [0.2, 0.25) is 0 Å². The van der Waals surface area contributed by atoms with Crippen LogP contribution >= 0.6 is 0 Å². The maximum absolute atomic E-state index is 6.69. The Labute approximate surface area is 255 Å². The lowest BCUT2D eigenvalue weighted by Crippen LogP contribution is -2.11. The molecular formula is C42H27NO. The number of benzene rings is 8. The van der Waals surface area contributed by atoms with E-state index in [4.69, 9.17) is 4.42 Å². The van der Waals surface area contributed by atoms with E-state index in [0.29, 0.717) is 0 Å². The van der Waals surface area contributed by atoms with Gasteiger partial charge in [0.15, 0.2) is 0 Å². The molecule has 8 aromatic carbocycles. The van der Waals surface area contributed by atoms with Crippen molar-refractivity contribution in [3.63, 3.8) is 0 Å². The van der Waals surface area contributed by atoms with E-state index >= 15 is 0 Å². The van der Waals surface area contributed by atoms with Crippen molar-refractivity contribution < 1.29 is 4.42 Å². The van der Waals surface area contributed by atoms with Gasteiger partial charge in [0.05, 0.1) is 16.8 Å². The third-order valence-corrected chi connectivity index (χ3v) is 8.83. The molecule has 0 unspecified atom stereocenters. The zero-order valence-electron chi connectivity index (χ0n) is 23.9. The Morgan fingerprint density at radius 3 is 1.89 bits per heavy atom. The molecule has 2 heteroatoms. The van der Waals surface area contributed by atoms with Gasteiger partial charge in [-0.2, -0.15) is 0 Å². The maximum atomic E-state index is 6.69. The van der Waals surface area contributed by atoms with Crippen LogP contribution in [-0.2, 0) is 0 Å². The molecule has 2 nitrogen and oxygen atoms in total. The van der Waals surface area contributed by atoms with Gasteiger partial charge in [-0.25, -0.2) is 0 Å². The Kier molecular flexibility index (Phi) is 5.54. The summed E-state index contributed by atoms with van der Waals surface area (Å²) < 4.78 is 6.69. The summed E-state index contributed by atoms with van der Waals surface area (Å²) in [5, 5.41) is 9.56. The fourth-order valence-electron chi connectivity index (χ4n) is 6.78. The van der Waals surface area contributed by atoms with Gasteiger partial charge in [-0.15, -0.1) is 0 Å². The smallest absolute Gasteiger partial charge is 0.145 e. The Balaban J connectivity index is 1.41. The van der Waals surface area contributed by atoms with Crippen LogP contribution < -0.4 is 4.90 Å². The molecule has 9 rings (SSSR count). The monoisotopic (exact) mass is 561 g/mol. The van der Waals surface area contributed by atoms with Crippen LogP contribution in [0.3, 0.4) is 0 Å². The molecule has 44 heavy (non-hydrogen) atoms. The van der Waals surface area contributed by atoms with Crippen LogP contribution in [0.15, 0.2) is 168 Å². The minimum Gasteiger partial charge on any atom is -0.455 e. The van der Waals surface area contributed by atoms with Crippen molar-refractivity contribution in [3.8, 4) is 11.1 Å². The lowest BCUT2D eigenvalue weighted by Gasteiger charge is -2.28. The summed E-state index contributed by atoms with van der Waals surface area (Å²) in [5.74, 6) is 0. The van der Waals surface area contributed by atoms with E-state index in [2.05, 4.69) is 163 Å². The largest absolute Gasteiger partial charge is 0.455 e. The Bertz CT molecular complexity index is 2500. The van der Waals surface area contributed by atoms with Gasteiger partial charge in [-0.05, 0) is 68.9 Å². The molecule has 0 aliphatic heterocycles. The average Bonchev–Trinajstić information content (AvgIpc) is 3.49. The number of para-hydroxylation sites is 1. The summed E-state index contributed by atoms with van der Waals surface area (Å²) in [6.45, 7) is 0. The predicted octanol–water partition coefficient (Wildman–Crippen LogP) is 12.2. The molecule has 0 radical (unpaired) electrons. The van der Waals surface area contributed by atoms with Crippen LogP contribution in [-0.4, -0.2) is 0 Å². The van der Waals surface area contributed by atoms with Crippen molar-refractivity contribution in [2.45, 2.75) is 0 Å². The van der Waals surface area contributed by atoms with Gasteiger partial charge in [0, 0.05) is 22.0 Å². The van der Waals surface area contributed by atoms with Crippen LogP contribution in [0, 0.1) is 0 Å². The first-order valence-electron chi connectivity index (χ1n) is 15.0. The summed E-state index contributed by atoms with van der Waals surface area (Å²) >= 11 is 0. The zero-order valence-corrected chi connectivity index (χ0v) is 23.9. The number of nitrogens with zero attached hydrogens (tertiary/aromatic N) is 1. The summed E-state index contributed by atoms with van der Waals surface area (Å²) in [6, 6.07) is 58.5. The van der Waals surface area contributed by atoms with Crippen molar-refractivity contribution in [2.24, 2.45) is 0 Å². The van der Waals surface area contributed by atoms with E-state index in [9.17, 15) is 0 Å². The van der Waals surface area contributed by atoms with E-state index in [1.807, 2.05) is 6.07 Å². The van der Waals surface area contributed by atoms with E-state index in [-0.39, 0.29) is 0 Å². The fourth-order valence-corrected chi connectivity index (χ4v) is 6.78. The number of furan rings is 1. The molecule has 0 N–H and O–H groups in total. The normalized spacial score (nSPS) is 11.6. The van der Waals surface area contributed by atoms with Gasteiger partial charge in [0.1, 0.15) is 11.2 Å². The Morgan fingerprint density at radius 1 is 0.409 bits per heavy atom. The molecule has 206 valence electrons. The lowest BCUT2D eigenvalue weighted by atomic mass is 9.98. The molecule has 0 amide bonds. The number of hydrogen-bond donors (Lipinski definition) is 0. The highest BCUT2D eigenvalue weighted by Gasteiger charge is 2.23. The van der Waals surface area contributed by atoms with Gasteiger partial charge in [-0.3, -0.25) is 0 Å². The van der Waals surface area contributed by atoms with Crippen molar-refractivity contribution >= 4 is 71.3 Å². The van der Waals surface area contributed by atoms with Gasteiger partial charge in [0.25, 0.3) is 0 Å². The predicted molar refractivity (Wildman–Crippen MR) is 186 cm³/mol. The Hall–Kier alpha value is -5.86. The number of rotatable bonds is 4. The highest BCUT2D eigenvalue weighted by Crippen LogP contribution is 2.48. The van der Waals surface area contributed by atoms with Crippen molar-refractivity contribution in [1.82, 2.24) is 0 Å². The molecule has 0 fully saturated rings. The molecular weight excluding hydrogens is 534 g/mol. The van der Waals surface area contributed by atoms with Crippen molar-refractivity contribution in [3.05, 3.63) is 164 Å². The van der Waals surface area contributed by atoms with Gasteiger partial charge < -0.3 is 9.32 Å². The first-order chi connectivity index (χ1) is 21.8. The second-order valence-electron chi connectivity index (χ2n) is 11.3. The molecule has 0 spiro atoms. The summed E-state index contributed by atoms with van der Waals surface area (Å²) in [7, 11) is 0.